The standard InChI is InChI=1S/C17H27N3OS/c1-2-15-12-22-17(19-15)14-4-3-9-20(11-14)16(21)6-5-13-7-8-18-10-13/h12-14,18H,2-11H2,1H3. The third-order valence-corrected chi connectivity index (χ3v) is 6.04. The molecule has 0 bridgehead atoms. The first kappa shape index (κ1) is 15.9. The van der Waals surface area contributed by atoms with Crippen molar-refractivity contribution in [1.29, 1.82) is 0 Å². The topological polar surface area (TPSA) is 45.2 Å². The number of rotatable bonds is 5. The summed E-state index contributed by atoms with van der Waals surface area (Å²) >= 11 is 1.77. The second-order valence-electron chi connectivity index (χ2n) is 6.61. The number of nitrogens with one attached hydrogen (secondary N) is 1. The molecule has 0 saturated carbocycles. The molecule has 4 nitrogen and oxygen atoms in total. The number of aryl methyl sites for hydroxylation is 1. The molecule has 2 atom stereocenters. The van der Waals surface area contributed by atoms with E-state index < -0.39 is 0 Å². The van der Waals surface area contributed by atoms with E-state index in [4.69, 9.17) is 4.98 Å². The Kier molecular flexibility index (Phi) is 5.47. The molecule has 1 N–H and O–H groups in total. The Morgan fingerprint density at radius 1 is 1.50 bits per heavy atom. The SMILES string of the molecule is CCc1csc(C2CCCN(C(=O)CCC3CCNC3)C2)n1. The van der Waals surface area contributed by atoms with Crippen LogP contribution in [0.2, 0.25) is 0 Å². The van der Waals surface area contributed by atoms with Gasteiger partial charge in [0.05, 0.1) is 10.7 Å². The normalized spacial score (nSPS) is 25.6. The van der Waals surface area contributed by atoms with Gasteiger partial charge in [0.2, 0.25) is 5.91 Å². The minimum Gasteiger partial charge on any atom is -0.342 e. The Bertz CT molecular complexity index is 496. The number of piperidine rings is 1. The van der Waals surface area contributed by atoms with Crippen molar-refractivity contribution in [3.63, 3.8) is 0 Å². The Morgan fingerprint density at radius 2 is 2.41 bits per heavy atom. The zero-order chi connectivity index (χ0) is 15.4. The minimum atomic E-state index is 0.351. The van der Waals surface area contributed by atoms with Crippen molar-refractivity contribution >= 4 is 17.2 Å². The molecule has 2 saturated heterocycles. The lowest BCUT2D eigenvalue weighted by molar-refractivity contribution is -0.132. The van der Waals surface area contributed by atoms with E-state index in [0.29, 0.717) is 17.7 Å². The van der Waals surface area contributed by atoms with Gasteiger partial charge in [-0.05, 0) is 51.1 Å². The van der Waals surface area contributed by atoms with Crippen molar-refractivity contribution in [2.24, 2.45) is 5.92 Å². The highest BCUT2D eigenvalue weighted by Gasteiger charge is 2.27. The zero-order valence-electron chi connectivity index (χ0n) is 13.5. The van der Waals surface area contributed by atoms with Gasteiger partial charge < -0.3 is 10.2 Å². The average molecular weight is 321 g/mol. The predicted octanol–water partition coefficient (Wildman–Crippen LogP) is 2.80. The van der Waals surface area contributed by atoms with E-state index in [1.807, 2.05) is 0 Å². The van der Waals surface area contributed by atoms with Crippen molar-refractivity contribution in [2.45, 2.75) is 51.4 Å². The van der Waals surface area contributed by atoms with Crippen LogP contribution in [0.15, 0.2) is 5.38 Å². The molecule has 2 aliphatic heterocycles. The summed E-state index contributed by atoms with van der Waals surface area (Å²) in [6.45, 7) is 6.17. The van der Waals surface area contributed by atoms with Crippen LogP contribution in [-0.4, -0.2) is 42.0 Å². The Hall–Kier alpha value is -0.940. The van der Waals surface area contributed by atoms with Gasteiger partial charge in [-0.3, -0.25) is 4.79 Å². The molecule has 122 valence electrons. The van der Waals surface area contributed by atoms with Crippen molar-refractivity contribution in [3.05, 3.63) is 16.1 Å². The van der Waals surface area contributed by atoms with Gasteiger partial charge in [0.15, 0.2) is 0 Å². The molecule has 1 amide bonds. The van der Waals surface area contributed by atoms with Crippen LogP contribution in [0, 0.1) is 5.92 Å². The molecule has 2 unspecified atom stereocenters. The summed E-state index contributed by atoms with van der Waals surface area (Å²) in [4.78, 5) is 19.3. The first-order valence-corrected chi connectivity index (χ1v) is 9.57. The molecule has 0 aliphatic carbocycles. The molecule has 1 aromatic heterocycles. The van der Waals surface area contributed by atoms with Gasteiger partial charge in [0.25, 0.3) is 0 Å². The van der Waals surface area contributed by atoms with Crippen molar-refractivity contribution < 1.29 is 4.79 Å². The monoisotopic (exact) mass is 321 g/mol. The van der Waals surface area contributed by atoms with E-state index in [1.54, 1.807) is 11.3 Å². The lowest BCUT2D eigenvalue weighted by Crippen LogP contribution is -2.39. The van der Waals surface area contributed by atoms with Gasteiger partial charge in [0.1, 0.15) is 0 Å². The van der Waals surface area contributed by atoms with E-state index >= 15 is 0 Å². The van der Waals surface area contributed by atoms with Crippen molar-refractivity contribution in [2.75, 3.05) is 26.2 Å². The van der Waals surface area contributed by atoms with E-state index in [1.165, 1.54) is 23.5 Å². The molecule has 1 aromatic rings. The molecule has 0 radical (unpaired) electrons. The molecule has 3 rings (SSSR count). The number of hydrogen-bond donors (Lipinski definition) is 1. The van der Waals surface area contributed by atoms with Crippen LogP contribution in [0.4, 0.5) is 0 Å². The minimum absolute atomic E-state index is 0.351. The van der Waals surface area contributed by atoms with Crippen LogP contribution in [0.3, 0.4) is 0 Å². The summed E-state index contributed by atoms with van der Waals surface area (Å²) in [6.07, 6.45) is 6.28. The lowest BCUT2D eigenvalue weighted by Gasteiger charge is -2.32. The summed E-state index contributed by atoms with van der Waals surface area (Å²) < 4.78 is 0. The molecule has 2 aliphatic rings. The molecule has 0 aromatic carbocycles. The van der Waals surface area contributed by atoms with E-state index in [-0.39, 0.29) is 0 Å². The number of carbonyl (C=O) groups is 1. The summed E-state index contributed by atoms with van der Waals surface area (Å²) in [5.74, 6) is 1.51. The summed E-state index contributed by atoms with van der Waals surface area (Å²) in [5.41, 5.74) is 1.19. The van der Waals surface area contributed by atoms with Gasteiger partial charge in [-0.2, -0.15) is 0 Å². The van der Waals surface area contributed by atoms with Crippen LogP contribution >= 0.6 is 11.3 Å². The molecular weight excluding hydrogens is 294 g/mol. The number of nitrogens with zero attached hydrogens (tertiary/aromatic N) is 2. The first-order chi connectivity index (χ1) is 10.8. The second kappa shape index (κ2) is 7.55. The molecule has 5 heteroatoms. The Labute approximate surface area is 137 Å². The maximum atomic E-state index is 12.5. The van der Waals surface area contributed by atoms with E-state index in [9.17, 15) is 4.79 Å². The van der Waals surface area contributed by atoms with Gasteiger partial charge in [-0.1, -0.05) is 6.92 Å². The molecular formula is C17H27N3OS. The number of aromatic nitrogens is 1. The average Bonchev–Trinajstić information content (AvgIpc) is 3.24. The van der Waals surface area contributed by atoms with Crippen LogP contribution in [0.25, 0.3) is 0 Å². The number of amides is 1. The maximum Gasteiger partial charge on any atom is 0.222 e. The van der Waals surface area contributed by atoms with E-state index in [2.05, 4.69) is 22.5 Å². The van der Waals surface area contributed by atoms with Gasteiger partial charge in [0, 0.05) is 30.8 Å². The third-order valence-electron chi connectivity index (χ3n) is 4.98. The predicted molar refractivity (Wildman–Crippen MR) is 90.3 cm³/mol. The van der Waals surface area contributed by atoms with Gasteiger partial charge >= 0.3 is 0 Å². The number of carbonyl (C=O) groups excluding carboxylic acids is 1. The fourth-order valence-electron chi connectivity index (χ4n) is 3.52. The number of likely N-dealkylation sites (tertiary alicyclic amines) is 1. The fraction of sp³-hybridized carbons (Fsp3) is 0.765. The molecule has 22 heavy (non-hydrogen) atoms. The second-order valence-corrected chi connectivity index (χ2v) is 7.50. The molecule has 3 heterocycles. The molecule has 0 spiro atoms. The summed E-state index contributed by atoms with van der Waals surface area (Å²) in [7, 11) is 0. The highest BCUT2D eigenvalue weighted by Crippen LogP contribution is 2.30. The third kappa shape index (κ3) is 3.87. The van der Waals surface area contributed by atoms with Gasteiger partial charge in [-0.25, -0.2) is 4.98 Å². The number of thiazole rings is 1. The first-order valence-electron chi connectivity index (χ1n) is 8.69. The lowest BCUT2D eigenvalue weighted by atomic mass is 9.97. The quantitative estimate of drug-likeness (QED) is 0.907. The van der Waals surface area contributed by atoms with E-state index in [0.717, 1.165) is 51.9 Å². The van der Waals surface area contributed by atoms with Gasteiger partial charge in [-0.15, -0.1) is 11.3 Å². The van der Waals surface area contributed by atoms with Crippen LogP contribution in [0.1, 0.15) is 55.6 Å². The fourth-order valence-corrected chi connectivity index (χ4v) is 4.56. The van der Waals surface area contributed by atoms with Crippen molar-refractivity contribution in [1.82, 2.24) is 15.2 Å². The largest absolute Gasteiger partial charge is 0.342 e. The van der Waals surface area contributed by atoms with Crippen LogP contribution in [-0.2, 0) is 11.2 Å². The van der Waals surface area contributed by atoms with Crippen molar-refractivity contribution in [3.8, 4) is 0 Å². The molecule has 2 fully saturated rings. The highest BCUT2D eigenvalue weighted by molar-refractivity contribution is 7.09. The highest BCUT2D eigenvalue weighted by atomic mass is 32.1. The zero-order valence-corrected chi connectivity index (χ0v) is 14.3. The summed E-state index contributed by atoms with van der Waals surface area (Å²) in [5, 5.41) is 6.78. The maximum absolute atomic E-state index is 12.5. The summed E-state index contributed by atoms with van der Waals surface area (Å²) in [6, 6.07) is 0. The van der Waals surface area contributed by atoms with Crippen LogP contribution < -0.4 is 5.32 Å². The Morgan fingerprint density at radius 3 is 3.14 bits per heavy atom. The van der Waals surface area contributed by atoms with Crippen LogP contribution in [0.5, 0.6) is 0 Å². The Balaban J connectivity index is 1.51. The smallest absolute Gasteiger partial charge is 0.222 e. The number of hydrogen-bond acceptors (Lipinski definition) is 4.